The maximum Gasteiger partial charge on any atom is 0.252 e. The van der Waals surface area contributed by atoms with Crippen LogP contribution >= 0.6 is 22.9 Å². The smallest absolute Gasteiger partial charge is 0.252 e. The third-order valence-corrected chi connectivity index (χ3v) is 5.71. The predicted molar refractivity (Wildman–Crippen MR) is 124 cm³/mol. The first-order valence-corrected chi connectivity index (χ1v) is 10.5. The van der Waals surface area contributed by atoms with Gasteiger partial charge in [-0.05, 0) is 56.1 Å². The Balaban J connectivity index is 1.87. The highest BCUT2D eigenvalue weighted by Crippen LogP contribution is 2.31. The standard InChI is InChI=1S/C22H24ClN3O3S/c1-25(2)11-12-26(22-24-17-8-7-16(23)14-20(17)30-22)21(27)10-6-15-5-9-18(28-3)19(13-15)29-4/h5-10,13-14H,11-12H2,1-4H3/b10-6+. The number of fused-ring (bicyclic) bond motifs is 1. The molecular weight excluding hydrogens is 422 g/mol. The van der Waals surface area contributed by atoms with Gasteiger partial charge >= 0.3 is 0 Å². The molecule has 0 saturated carbocycles. The van der Waals surface area contributed by atoms with E-state index in [-0.39, 0.29) is 5.91 Å². The monoisotopic (exact) mass is 445 g/mol. The number of nitrogens with zero attached hydrogens (tertiary/aromatic N) is 3. The van der Waals surface area contributed by atoms with E-state index >= 15 is 0 Å². The second-order valence-corrected chi connectivity index (χ2v) is 8.29. The molecule has 0 aliphatic carbocycles. The largest absolute Gasteiger partial charge is 0.493 e. The molecule has 0 unspecified atom stereocenters. The predicted octanol–water partition coefficient (Wildman–Crippen LogP) is 4.57. The molecule has 1 heterocycles. The number of benzene rings is 2. The summed E-state index contributed by atoms with van der Waals surface area (Å²) in [5.74, 6) is 1.11. The summed E-state index contributed by atoms with van der Waals surface area (Å²) < 4.78 is 11.5. The summed E-state index contributed by atoms with van der Waals surface area (Å²) >= 11 is 7.55. The van der Waals surface area contributed by atoms with Gasteiger partial charge < -0.3 is 14.4 Å². The molecule has 3 rings (SSSR count). The number of hydrogen-bond donors (Lipinski definition) is 0. The number of likely N-dealkylation sites (N-methyl/N-ethyl adjacent to an activating group) is 1. The number of anilines is 1. The zero-order valence-electron chi connectivity index (χ0n) is 17.4. The van der Waals surface area contributed by atoms with Crippen molar-refractivity contribution in [3.05, 3.63) is 53.1 Å². The first kappa shape index (κ1) is 22.1. The van der Waals surface area contributed by atoms with Crippen molar-refractivity contribution in [1.29, 1.82) is 0 Å². The molecule has 0 bridgehead atoms. The lowest BCUT2D eigenvalue weighted by Gasteiger charge is -2.20. The second-order valence-electron chi connectivity index (χ2n) is 6.85. The van der Waals surface area contributed by atoms with E-state index in [0.29, 0.717) is 34.7 Å². The summed E-state index contributed by atoms with van der Waals surface area (Å²) in [5, 5.41) is 1.30. The highest BCUT2D eigenvalue weighted by molar-refractivity contribution is 7.22. The third-order valence-electron chi connectivity index (χ3n) is 4.43. The number of rotatable bonds is 8. The van der Waals surface area contributed by atoms with Crippen LogP contribution in [-0.2, 0) is 4.79 Å². The van der Waals surface area contributed by atoms with Crippen molar-refractivity contribution in [2.24, 2.45) is 0 Å². The maximum atomic E-state index is 13.1. The Bertz CT molecular complexity index is 1060. The number of carbonyl (C=O) groups is 1. The van der Waals surface area contributed by atoms with Gasteiger partial charge in [0.15, 0.2) is 16.6 Å². The Morgan fingerprint density at radius 3 is 2.57 bits per heavy atom. The highest BCUT2D eigenvalue weighted by atomic mass is 35.5. The van der Waals surface area contributed by atoms with Gasteiger partial charge in [0.1, 0.15) is 0 Å². The molecule has 1 amide bonds. The first-order chi connectivity index (χ1) is 14.4. The lowest BCUT2D eigenvalue weighted by Crippen LogP contribution is -2.35. The molecule has 8 heteroatoms. The van der Waals surface area contributed by atoms with Crippen molar-refractivity contribution in [3.63, 3.8) is 0 Å². The Labute approximate surface area is 185 Å². The van der Waals surface area contributed by atoms with E-state index in [2.05, 4.69) is 4.98 Å². The lowest BCUT2D eigenvalue weighted by atomic mass is 10.2. The van der Waals surface area contributed by atoms with Gasteiger partial charge in [0.2, 0.25) is 0 Å². The van der Waals surface area contributed by atoms with Crippen LogP contribution < -0.4 is 14.4 Å². The molecule has 0 radical (unpaired) electrons. The fourth-order valence-corrected chi connectivity index (χ4v) is 4.09. The molecule has 6 nitrogen and oxygen atoms in total. The highest BCUT2D eigenvalue weighted by Gasteiger charge is 2.18. The molecule has 30 heavy (non-hydrogen) atoms. The molecule has 0 atom stereocenters. The third kappa shape index (κ3) is 5.30. The second kappa shape index (κ2) is 9.93. The number of ether oxygens (including phenoxy) is 2. The van der Waals surface area contributed by atoms with Crippen LogP contribution in [-0.4, -0.2) is 57.2 Å². The summed E-state index contributed by atoms with van der Waals surface area (Å²) in [5.41, 5.74) is 1.66. The quantitative estimate of drug-likeness (QED) is 0.475. The molecule has 0 aliphatic heterocycles. The minimum atomic E-state index is -0.142. The zero-order valence-corrected chi connectivity index (χ0v) is 19.0. The summed E-state index contributed by atoms with van der Waals surface area (Å²) in [6, 6.07) is 11.0. The van der Waals surface area contributed by atoms with Crippen molar-refractivity contribution in [2.75, 3.05) is 46.3 Å². The number of hydrogen-bond acceptors (Lipinski definition) is 6. The normalized spacial score (nSPS) is 11.4. The van der Waals surface area contributed by atoms with Gasteiger partial charge in [-0.2, -0.15) is 0 Å². The topological polar surface area (TPSA) is 54.9 Å². The molecule has 1 aromatic heterocycles. The van der Waals surface area contributed by atoms with Crippen LogP contribution in [0, 0.1) is 0 Å². The number of amides is 1. The zero-order chi connectivity index (χ0) is 21.7. The van der Waals surface area contributed by atoms with Gasteiger partial charge in [-0.3, -0.25) is 9.69 Å². The Hall–Kier alpha value is -2.61. The van der Waals surface area contributed by atoms with Crippen molar-refractivity contribution >= 4 is 50.3 Å². The SMILES string of the molecule is COc1ccc(/C=C/C(=O)N(CCN(C)C)c2nc3ccc(Cl)cc3s2)cc1OC. The van der Waals surface area contributed by atoms with Gasteiger partial charge in [-0.15, -0.1) is 0 Å². The minimum absolute atomic E-state index is 0.142. The van der Waals surface area contributed by atoms with E-state index in [1.165, 1.54) is 11.3 Å². The number of thiazole rings is 1. The van der Waals surface area contributed by atoms with Crippen LogP contribution in [0.25, 0.3) is 16.3 Å². The Kier molecular flexibility index (Phi) is 7.31. The Morgan fingerprint density at radius 1 is 1.10 bits per heavy atom. The maximum absolute atomic E-state index is 13.1. The molecule has 0 saturated heterocycles. The van der Waals surface area contributed by atoms with Crippen molar-refractivity contribution in [2.45, 2.75) is 0 Å². The van der Waals surface area contributed by atoms with Gasteiger partial charge in [0.05, 0.1) is 24.4 Å². The molecule has 0 aliphatic rings. The summed E-state index contributed by atoms with van der Waals surface area (Å²) in [6.45, 7) is 1.24. The van der Waals surface area contributed by atoms with Crippen LogP contribution in [0.15, 0.2) is 42.5 Å². The van der Waals surface area contributed by atoms with Crippen LogP contribution in [0.3, 0.4) is 0 Å². The number of methoxy groups -OCH3 is 2. The van der Waals surface area contributed by atoms with E-state index in [4.69, 9.17) is 21.1 Å². The van der Waals surface area contributed by atoms with E-state index < -0.39 is 0 Å². The Morgan fingerprint density at radius 2 is 1.87 bits per heavy atom. The average Bonchev–Trinajstić information content (AvgIpc) is 3.14. The van der Waals surface area contributed by atoms with Crippen LogP contribution in [0.1, 0.15) is 5.56 Å². The van der Waals surface area contributed by atoms with Gasteiger partial charge in [0, 0.05) is 24.2 Å². The van der Waals surface area contributed by atoms with Crippen LogP contribution in [0.5, 0.6) is 11.5 Å². The molecular formula is C22H24ClN3O3S. The van der Waals surface area contributed by atoms with Crippen LogP contribution in [0.2, 0.25) is 5.02 Å². The molecule has 2 aromatic carbocycles. The van der Waals surface area contributed by atoms with Gasteiger partial charge in [-0.25, -0.2) is 4.98 Å². The summed E-state index contributed by atoms with van der Waals surface area (Å²) in [7, 11) is 7.12. The average molecular weight is 446 g/mol. The van der Waals surface area contributed by atoms with Crippen molar-refractivity contribution in [1.82, 2.24) is 9.88 Å². The van der Waals surface area contributed by atoms with E-state index in [9.17, 15) is 4.79 Å². The summed E-state index contributed by atoms with van der Waals surface area (Å²) in [6.07, 6.45) is 3.31. The first-order valence-electron chi connectivity index (χ1n) is 9.33. The van der Waals surface area contributed by atoms with E-state index in [0.717, 1.165) is 15.8 Å². The van der Waals surface area contributed by atoms with Gasteiger partial charge in [-0.1, -0.05) is 29.0 Å². The number of carbonyl (C=O) groups excluding carboxylic acids is 1. The summed E-state index contributed by atoms with van der Waals surface area (Å²) in [4.78, 5) is 21.4. The number of halogens is 1. The van der Waals surface area contributed by atoms with Crippen LogP contribution in [0.4, 0.5) is 5.13 Å². The minimum Gasteiger partial charge on any atom is -0.493 e. The molecule has 0 spiro atoms. The van der Waals surface area contributed by atoms with Crippen molar-refractivity contribution in [3.8, 4) is 11.5 Å². The molecule has 158 valence electrons. The number of aromatic nitrogens is 1. The molecule has 0 N–H and O–H groups in total. The molecule has 0 fully saturated rings. The lowest BCUT2D eigenvalue weighted by molar-refractivity contribution is -0.114. The fraction of sp³-hybridized carbons (Fsp3) is 0.273. The molecule has 3 aromatic rings. The van der Waals surface area contributed by atoms with Gasteiger partial charge in [0.25, 0.3) is 5.91 Å². The fourth-order valence-electron chi connectivity index (χ4n) is 2.82. The van der Waals surface area contributed by atoms with E-state index in [1.807, 2.05) is 49.3 Å². The van der Waals surface area contributed by atoms with E-state index in [1.54, 1.807) is 37.3 Å². The van der Waals surface area contributed by atoms with Crippen molar-refractivity contribution < 1.29 is 14.3 Å².